The number of benzene rings is 1. The number of halogens is 1. The number of methoxy groups -OCH3 is 1. The van der Waals surface area contributed by atoms with Crippen LogP contribution in [0.1, 0.15) is 17.4 Å². The second-order valence-corrected chi connectivity index (χ2v) is 5.41. The number of aromatic amines is 1. The quantitative estimate of drug-likeness (QED) is 0.530. The van der Waals surface area contributed by atoms with Gasteiger partial charge in [-0.1, -0.05) is 0 Å². The molecule has 1 heterocycles. The topological polar surface area (TPSA) is 129 Å². The Balaban J connectivity index is 2.28. The Morgan fingerprint density at radius 3 is 2.62 bits per heavy atom. The number of carbonyl (C=O) groups is 2. The van der Waals surface area contributed by atoms with Crippen LogP contribution >= 0.6 is 15.9 Å². The van der Waals surface area contributed by atoms with Crippen LogP contribution in [0.25, 0.3) is 11.3 Å². The van der Waals surface area contributed by atoms with Crippen LogP contribution < -0.4 is 15.2 Å². The third kappa shape index (κ3) is 4.02. The number of nitrogens with zero attached hydrogens (tertiary/aromatic N) is 2. The van der Waals surface area contributed by atoms with Crippen LogP contribution in [0.5, 0.6) is 11.5 Å². The fourth-order valence-electron chi connectivity index (χ4n) is 1.92. The number of H-pyrrole nitrogens is 1. The monoisotopic (exact) mass is 398 g/mol. The molecule has 3 N–H and O–H groups in total. The number of rotatable bonds is 7. The zero-order valence-corrected chi connectivity index (χ0v) is 14.5. The van der Waals surface area contributed by atoms with Gasteiger partial charge in [0.1, 0.15) is 18.9 Å². The van der Waals surface area contributed by atoms with E-state index in [9.17, 15) is 9.59 Å². The highest BCUT2D eigenvalue weighted by atomic mass is 79.9. The molecule has 128 valence electrons. The summed E-state index contributed by atoms with van der Waals surface area (Å²) in [5.41, 5.74) is 6.14. The van der Waals surface area contributed by atoms with Crippen molar-refractivity contribution in [3.05, 3.63) is 22.3 Å². The lowest BCUT2D eigenvalue weighted by Crippen LogP contribution is -2.13. The molecule has 1 aromatic heterocycles. The van der Waals surface area contributed by atoms with E-state index in [4.69, 9.17) is 19.9 Å². The predicted octanol–water partition coefficient (Wildman–Crippen LogP) is 1.28. The lowest BCUT2D eigenvalue weighted by Gasteiger charge is -2.13. The van der Waals surface area contributed by atoms with Crippen molar-refractivity contribution >= 4 is 27.8 Å². The van der Waals surface area contributed by atoms with Gasteiger partial charge in [-0.2, -0.15) is 15.4 Å². The van der Waals surface area contributed by atoms with Crippen LogP contribution in [0.2, 0.25) is 0 Å². The van der Waals surface area contributed by atoms with Crippen LogP contribution in [-0.4, -0.2) is 47.6 Å². The molecule has 24 heavy (non-hydrogen) atoms. The summed E-state index contributed by atoms with van der Waals surface area (Å²) in [6, 6.07) is 3.29. The van der Waals surface area contributed by atoms with E-state index in [-0.39, 0.29) is 24.9 Å². The Kier molecular flexibility index (Phi) is 5.74. The first kappa shape index (κ1) is 17.7. The molecule has 0 radical (unpaired) electrons. The molecule has 0 saturated carbocycles. The van der Waals surface area contributed by atoms with Crippen molar-refractivity contribution in [2.24, 2.45) is 5.73 Å². The van der Waals surface area contributed by atoms with Gasteiger partial charge < -0.3 is 19.9 Å². The number of ether oxygens (including phenoxy) is 3. The molecule has 0 aliphatic heterocycles. The Labute approximate surface area is 145 Å². The van der Waals surface area contributed by atoms with Gasteiger partial charge in [-0.25, -0.2) is 0 Å². The van der Waals surface area contributed by atoms with Gasteiger partial charge in [-0.15, -0.1) is 0 Å². The van der Waals surface area contributed by atoms with Crippen LogP contribution in [-0.2, 0) is 9.53 Å². The predicted molar refractivity (Wildman–Crippen MR) is 86.7 cm³/mol. The number of hydrogen-bond acceptors (Lipinski definition) is 7. The second kappa shape index (κ2) is 7.77. The van der Waals surface area contributed by atoms with Gasteiger partial charge in [0.25, 0.3) is 5.91 Å². The van der Waals surface area contributed by atoms with Gasteiger partial charge in [0.2, 0.25) is 0 Å². The zero-order chi connectivity index (χ0) is 17.7. The van der Waals surface area contributed by atoms with Crippen LogP contribution in [0.15, 0.2) is 16.6 Å². The van der Waals surface area contributed by atoms with E-state index < -0.39 is 5.91 Å². The highest BCUT2D eigenvalue weighted by Crippen LogP contribution is 2.38. The van der Waals surface area contributed by atoms with Crippen molar-refractivity contribution in [2.45, 2.75) is 6.92 Å². The molecule has 0 aliphatic rings. The molecule has 0 saturated heterocycles. The number of aromatic nitrogens is 3. The highest BCUT2D eigenvalue weighted by molar-refractivity contribution is 9.10. The molecule has 0 atom stereocenters. The van der Waals surface area contributed by atoms with Gasteiger partial charge in [-0.3, -0.25) is 9.59 Å². The molecule has 1 aromatic carbocycles. The van der Waals surface area contributed by atoms with Crippen molar-refractivity contribution in [1.82, 2.24) is 15.4 Å². The van der Waals surface area contributed by atoms with E-state index in [1.54, 1.807) is 12.1 Å². The average molecular weight is 399 g/mol. The number of nitrogens with one attached hydrogen (secondary N) is 1. The molecule has 0 bridgehead atoms. The SMILES string of the molecule is COc1cc(-c2n[nH]nc2C(N)=O)c(Br)cc1OCCOC(C)=O. The minimum absolute atomic E-state index is 0.0151. The highest BCUT2D eigenvalue weighted by Gasteiger charge is 2.20. The van der Waals surface area contributed by atoms with Gasteiger partial charge in [0.15, 0.2) is 17.2 Å². The summed E-state index contributed by atoms with van der Waals surface area (Å²) in [7, 11) is 1.48. The van der Waals surface area contributed by atoms with Crippen molar-refractivity contribution in [1.29, 1.82) is 0 Å². The summed E-state index contributed by atoms with van der Waals surface area (Å²) >= 11 is 3.39. The molecule has 9 nitrogen and oxygen atoms in total. The first-order valence-electron chi connectivity index (χ1n) is 6.78. The Bertz CT molecular complexity index is 762. The van der Waals surface area contributed by atoms with Gasteiger partial charge in [0, 0.05) is 17.0 Å². The number of nitrogens with two attached hydrogens (primary N) is 1. The summed E-state index contributed by atoms with van der Waals surface area (Å²) < 4.78 is 16.2. The van der Waals surface area contributed by atoms with Crippen molar-refractivity contribution < 1.29 is 23.8 Å². The largest absolute Gasteiger partial charge is 0.493 e. The maximum atomic E-state index is 11.4. The van der Waals surface area contributed by atoms with E-state index in [1.807, 2.05) is 0 Å². The Morgan fingerprint density at radius 2 is 2.00 bits per heavy atom. The van der Waals surface area contributed by atoms with E-state index in [0.717, 1.165) is 0 Å². The first-order valence-corrected chi connectivity index (χ1v) is 7.58. The third-order valence-corrected chi connectivity index (χ3v) is 3.59. The third-order valence-electron chi connectivity index (χ3n) is 2.94. The first-order chi connectivity index (χ1) is 11.4. The maximum Gasteiger partial charge on any atom is 0.302 e. The molecule has 1 amide bonds. The number of esters is 1. The van der Waals surface area contributed by atoms with E-state index >= 15 is 0 Å². The van der Waals surface area contributed by atoms with E-state index in [1.165, 1.54) is 14.0 Å². The van der Waals surface area contributed by atoms with Gasteiger partial charge in [0.05, 0.1) is 7.11 Å². The molecule has 2 rings (SSSR count). The molecule has 0 spiro atoms. The second-order valence-electron chi connectivity index (χ2n) is 4.56. The lowest BCUT2D eigenvalue weighted by molar-refractivity contribution is -0.141. The fourth-order valence-corrected chi connectivity index (χ4v) is 2.43. The molecule has 2 aromatic rings. The zero-order valence-electron chi connectivity index (χ0n) is 13.0. The Morgan fingerprint density at radius 1 is 1.25 bits per heavy atom. The lowest BCUT2D eigenvalue weighted by atomic mass is 10.1. The average Bonchev–Trinajstić information content (AvgIpc) is 3.01. The summed E-state index contributed by atoms with van der Waals surface area (Å²) in [5, 5.41) is 10.1. The molecule has 10 heteroatoms. The summed E-state index contributed by atoms with van der Waals surface area (Å²) in [6.07, 6.45) is 0. The summed E-state index contributed by atoms with van der Waals surface area (Å²) in [5.74, 6) is -0.239. The van der Waals surface area contributed by atoms with Crippen molar-refractivity contribution in [3.63, 3.8) is 0 Å². The van der Waals surface area contributed by atoms with Crippen LogP contribution in [0.3, 0.4) is 0 Å². The minimum Gasteiger partial charge on any atom is -0.493 e. The minimum atomic E-state index is -0.702. The van der Waals surface area contributed by atoms with Gasteiger partial charge >= 0.3 is 5.97 Å². The molecule has 0 fully saturated rings. The maximum absolute atomic E-state index is 11.4. The van der Waals surface area contributed by atoms with Gasteiger partial charge in [-0.05, 0) is 28.1 Å². The smallest absolute Gasteiger partial charge is 0.302 e. The fraction of sp³-hybridized carbons (Fsp3) is 0.286. The van der Waals surface area contributed by atoms with E-state index in [0.29, 0.717) is 27.2 Å². The number of amides is 1. The Hall–Kier alpha value is -2.62. The number of carbonyl (C=O) groups excluding carboxylic acids is 2. The summed E-state index contributed by atoms with van der Waals surface area (Å²) in [4.78, 5) is 22.1. The molecular weight excluding hydrogens is 384 g/mol. The van der Waals surface area contributed by atoms with E-state index in [2.05, 4.69) is 31.3 Å². The van der Waals surface area contributed by atoms with Crippen LogP contribution in [0.4, 0.5) is 0 Å². The van der Waals surface area contributed by atoms with Crippen LogP contribution in [0, 0.1) is 0 Å². The number of primary amides is 1. The summed E-state index contributed by atoms with van der Waals surface area (Å²) in [6.45, 7) is 1.60. The normalized spacial score (nSPS) is 10.3. The standard InChI is InChI=1S/C14H15BrN4O5/c1-7(20)23-3-4-24-11-6-9(15)8(5-10(11)22-2)12-13(14(16)21)18-19-17-12/h5-6H,3-4H2,1-2H3,(H2,16,21)(H,17,18,19). The molecular formula is C14H15BrN4O5. The van der Waals surface area contributed by atoms with Crippen molar-refractivity contribution in [2.75, 3.05) is 20.3 Å². The molecule has 0 aliphatic carbocycles. The van der Waals surface area contributed by atoms with Crippen molar-refractivity contribution in [3.8, 4) is 22.8 Å². The number of hydrogen-bond donors (Lipinski definition) is 2. The molecule has 0 unspecified atom stereocenters.